The van der Waals surface area contributed by atoms with Crippen molar-refractivity contribution in [3.05, 3.63) is 0 Å². The molecule has 3 nitrogen and oxygen atoms in total. The summed E-state index contributed by atoms with van der Waals surface area (Å²) in [7, 11) is 0. The van der Waals surface area contributed by atoms with Crippen molar-refractivity contribution in [2.75, 3.05) is 45.9 Å². The van der Waals surface area contributed by atoms with Crippen molar-refractivity contribution < 1.29 is 26.7 Å². The van der Waals surface area contributed by atoms with Crippen LogP contribution in [0.15, 0.2) is 0 Å². The first-order chi connectivity index (χ1) is 7.83. The minimum atomic E-state index is -5.54. The molecule has 0 aromatic carbocycles. The summed E-state index contributed by atoms with van der Waals surface area (Å²) >= 11 is 0. The molecule has 0 aliphatic carbocycles. The number of alkyl halides is 5. The Kier molecular flexibility index (Phi) is 5.08. The first-order valence-electron chi connectivity index (χ1n) is 5.28. The van der Waals surface area contributed by atoms with Gasteiger partial charge in [0.25, 0.3) is 0 Å². The number of rotatable bonds is 5. The number of halogens is 5. The van der Waals surface area contributed by atoms with E-state index in [-0.39, 0.29) is 6.61 Å². The fourth-order valence-electron chi connectivity index (χ4n) is 1.41. The summed E-state index contributed by atoms with van der Waals surface area (Å²) in [5, 5.41) is 3.10. The maximum Gasteiger partial charge on any atom is 0.455 e. The summed E-state index contributed by atoms with van der Waals surface area (Å²) in [4.78, 5) is 1.95. The second-order valence-corrected chi connectivity index (χ2v) is 3.85. The molecule has 8 heteroatoms. The molecule has 0 bridgehead atoms. The van der Waals surface area contributed by atoms with E-state index in [1.54, 1.807) is 0 Å². The van der Waals surface area contributed by atoms with Gasteiger partial charge in [-0.3, -0.25) is 4.90 Å². The van der Waals surface area contributed by atoms with Gasteiger partial charge in [0.05, 0.1) is 6.61 Å². The van der Waals surface area contributed by atoms with Gasteiger partial charge >= 0.3 is 12.1 Å². The van der Waals surface area contributed by atoms with Crippen molar-refractivity contribution in [2.45, 2.75) is 12.1 Å². The molecule has 1 aliphatic rings. The van der Waals surface area contributed by atoms with Crippen LogP contribution in [0.1, 0.15) is 0 Å². The molecule has 1 aliphatic heterocycles. The van der Waals surface area contributed by atoms with E-state index in [2.05, 4.69) is 10.1 Å². The predicted molar refractivity (Wildman–Crippen MR) is 51.1 cm³/mol. The Hall–Kier alpha value is -0.470. The average Bonchev–Trinajstić information content (AvgIpc) is 2.24. The van der Waals surface area contributed by atoms with Gasteiger partial charge in [-0.1, -0.05) is 0 Å². The minimum absolute atomic E-state index is 0.119. The van der Waals surface area contributed by atoms with Gasteiger partial charge in [-0.25, -0.2) is 0 Å². The van der Waals surface area contributed by atoms with Gasteiger partial charge in [0, 0.05) is 32.7 Å². The van der Waals surface area contributed by atoms with E-state index in [4.69, 9.17) is 0 Å². The molecule has 17 heavy (non-hydrogen) atoms. The Morgan fingerprint density at radius 2 is 1.65 bits per heavy atom. The number of piperazine rings is 1. The molecular formula is C9H15F5N2O. The molecule has 0 spiro atoms. The molecule has 0 amide bonds. The molecule has 1 N–H and O–H groups in total. The van der Waals surface area contributed by atoms with Crippen LogP contribution < -0.4 is 5.32 Å². The quantitative estimate of drug-likeness (QED) is 0.593. The summed E-state index contributed by atoms with van der Waals surface area (Å²) < 4.78 is 64.5. The Morgan fingerprint density at radius 1 is 1.06 bits per heavy atom. The van der Waals surface area contributed by atoms with E-state index in [1.807, 2.05) is 4.90 Å². The van der Waals surface area contributed by atoms with Gasteiger partial charge in [0.2, 0.25) is 0 Å². The molecule has 0 saturated carbocycles. The second kappa shape index (κ2) is 5.92. The fourth-order valence-corrected chi connectivity index (χ4v) is 1.41. The van der Waals surface area contributed by atoms with Crippen molar-refractivity contribution >= 4 is 0 Å². The molecule has 1 heterocycles. The molecule has 1 fully saturated rings. The number of hydrogen-bond donors (Lipinski definition) is 1. The summed E-state index contributed by atoms with van der Waals surface area (Å²) in [5.74, 6) is -4.77. The lowest BCUT2D eigenvalue weighted by Crippen LogP contribution is -2.45. The average molecular weight is 262 g/mol. The molecular weight excluding hydrogens is 247 g/mol. The van der Waals surface area contributed by atoms with E-state index >= 15 is 0 Å². The third-order valence-electron chi connectivity index (χ3n) is 2.46. The van der Waals surface area contributed by atoms with Crippen LogP contribution in [0, 0.1) is 0 Å². The zero-order valence-corrected chi connectivity index (χ0v) is 9.20. The highest BCUT2D eigenvalue weighted by Gasteiger charge is 2.57. The zero-order valence-electron chi connectivity index (χ0n) is 9.20. The highest BCUT2D eigenvalue weighted by molar-refractivity contribution is 4.75. The molecule has 0 atom stereocenters. The molecule has 1 saturated heterocycles. The van der Waals surface area contributed by atoms with E-state index in [9.17, 15) is 22.0 Å². The van der Waals surface area contributed by atoms with Crippen LogP contribution in [0.4, 0.5) is 22.0 Å². The summed E-state index contributed by atoms with van der Waals surface area (Å²) in [6, 6.07) is 0. The van der Waals surface area contributed by atoms with Crippen LogP contribution in [-0.4, -0.2) is 62.9 Å². The predicted octanol–water partition coefficient (Wildman–Crippen LogP) is 1.11. The van der Waals surface area contributed by atoms with Crippen molar-refractivity contribution in [3.63, 3.8) is 0 Å². The first-order valence-corrected chi connectivity index (χ1v) is 5.28. The molecule has 0 unspecified atom stereocenters. The van der Waals surface area contributed by atoms with Crippen LogP contribution in [-0.2, 0) is 4.74 Å². The monoisotopic (exact) mass is 262 g/mol. The van der Waals surface area contributed by atoms with Gasteiger partial charge in [-0.2, -0.15) is 22.0 Å². The maximum absolute atomic E-state index is 12.4. The van der Waals surface area contributed by atoms with Crippen molar-refractivity contribution in [2.24, 2.45) is 0 Å². The van der Waals surface area contributed by atoms with Crippen molar-refractivity contribution in [1.82, 2.24) is 10.2 Å². The number of hydrogen-bond acceptors (Lipinski definition) is 3. The van der Waals surface area contributed by atoms with E-state index in [0.29, 0.717) is 6.54 Å². The Bertz CT molecular complexity index is 228. The highest BCUT2D eigenvalue weighted by atomic mass is 19.4. The molecule has 0 aromatic heterocycles. The smallest absolute Gasteiger partial charge is 0.373 e. The van der Waals surface area contributed by atoms with Gasteiger partial charge < -0.3 is 10.1 Å². The van der Waals surface area contributed by atoms with Crippen molar-refractivity contribution in [3.8, 4) is 0 Å². The summed E-state index contributed by atoms with van der Waals surface area (Å²) in [5.41, 5.74) is 0. The third-order valence-corrected chi connectivity index (χ3v) is 2.46. The lowest BCUT2D eigenvalue weighted by Gasteiger charge is -2.27. The Labute approximate surface area is 95.9 Å². The van der Waals surface area contributed by atoms with E-state index < -0.39 is 18.7 Å². The minimum Gasteiger partial charge on any atom is -0.373 e. The molecule has 1 rings (SSSR count). The summed E-state index contributed by atoms with van der Waals surface area (Å²) in [6.45, 7) is 1.72. The number of nitrogens with one attached hydrogen (secondary N) is 1. The fraction of sp³-hybridized carbons (Fsp3) is 1.00. The largest absolute Gasteiger partial charge is 0.455 e. The Morgan fingerprint density at radius 3 is 2.18 bits per heavy atom. The van der Waals surface area contributed by atoms with Crippen LogP contribution >= 0.6 is 0 Å². The van der Waals surface area contributed by atoms with Crippen LogP contribution in [0.3, 0.4) is 0 Å². The van der Waals surface area contributed by atoms with Crippen LogP contribution in [0.5, 0.6) is 0 Å². The van der Waals surface area contributed by atoms with E-state index in [0.717, 1.165) is 26.2 Å². The molecule has 102 valence electrons. The topological polar surface area (TPSA) is 24.5 Å². The summed E-state index contributed by atoms with van der Waals surface area (Å²) in [6.07, 6.45) is -5.54. The van der Waals surface area contributed by atoms with E-state index in [1.165, 1.54) is 0 Å². The third kappa shape index (κ3) is 4.72. The maximum atomic E-state index is 12.4. The second-order valence-electron chi connectivity index (χ2n) is 3.85. The zero-order chi connectivity index (χ0) is 12.9. The van der Waals surface area contributed by atoms with Crippen molar-refractivity contribution in [1.29, 1.82) is 0 Å². The Balaban J connectivity index is 2.15. The number of nitrogens with zero attached hydrogens (tertiary/aromatic N) is 1. The normalized spacial score (nSPS) is 19.6. The van der Waals surface area contributed by atoms with Gasteiger partial charge in [-0.15, -0.1) is 0 Å². The number of ether oxygens (including phenoxy) is 1. The lowest BCUT2D eigenvalue weighted by atomic mass is 10.3. The van der Waals surface area contributed by atoms with Crippen LogP contribution in [0.25, 0.3) is 0 Å². The SMILES string of the molecule is FC(F)(F)C(F)(F)COCCN1CCNCC1. The van der Waals surface area contributed by atoms with Crippen LogP contribution in [0.2, 0.25) is 0 Å². The van der Waals surface area contributed by atoms with Gasteiger partial charge in [0.15, 0.2) is 0 Å². The molecule has 0 radical (unpaired) electrons. The molecule has 0 aromatic rings. The standard InChI is InChI=1S/C9H15F5N2O/c10-8(11,9(12,13)14)7-17-6-5-16-3-1-15-2-4-16/h15H,1-7H2. The van der Waals surface area contributed by atoms with Gasteiger partial charge in [-0.05, 0) is 0 Å². The van der Waals surface area contributed by atoms with Gasteiger partial charge in [0.1, 0.15) is 6.61 Å². The first kappa shape index (κ1) is 14.6. The highest BCUT2D eigenvalue weighted by Crippen LogP contribution is 2.35. The lowest BCUT2D eigenvalue weighted by molar-refractivity contribution is -0.296.